The Labute approximate surface area is 145 Å². The fourth-order valence-corrected chi connectivity index (χ4v) is 2.82. The first kappa shape index (κ1) is 17.7. The summed E-state index contributed by atoms with van der Waals surface area (Å²) >= 11 is 0. The molecule has 2 aliphatic heterocycles. The van der Waals surface area contributed by atoms with Crippen LogP contribution in [0.3, 0.4) is 0 Å². The topological polar surface area (TPSA) is 45.5 Å². The fraction of sp³-hybridized carbons (Fsp3) is 0.722. The van der Waals surface area contributed by atoms with Gasteiger partial charge in [0.15, 0.2) is 0 Å². The molecule has 24 heavy (non-hydrogen) atoms. The van der Waals surface area contributed by atoms with Crippen molar-refractivity contribution in [3.05, 3.63) is 30.0 Å². The summed E-state index contributed by atoms with van der Waals surface area (Å²) < 4.78 is 19.5. The summed E-state index contributed by atoms with van der Waals surface area (Å²) in [5.41, 5.74) is 0.720. The molecule has 3 aliphatic rings. The van der Waals surface area contributed by atoms with Gasteiger partial charge in [-0.2, -0.15) is 5.10 Å². The van der Waals surface area contributed by atoms with E-state index in [2.05, 4.69) is 38.9 Å². The SMILES string of the molecule is C[C@H]1C=C(B2OC(C)(C)C(C)(C)O2)CCO1.c1cnn(C2CC2)c1. The summed E-state index contributed by atoms with van der Waals surface area (Å²) in [6.45, 7) is 11.1. The van der Waals surface area contributed by atoms with E-state index in [0.29, 0.717) is 0 Å². The summed E-state index contributed by atoms with van der Waals surface area (Å²) in [6.07, 6.45) is 9.69. The van der Waals surface area contributed by atoms with Crippen LogP contribution in [0.2, 0.25) is 0 Å². The van der Waals surface area contributed by atoms with E-state index in [1.807, 2.05) is 30.1 Å². The average molecular weight is 332 g/mol. The second-order valence-electron chi connectivity index (χ2n) is 7.87. The van der Waals surface area contributed by atoms with E-state index in [1.54, 1.807) is 0 Å². The first-order valence-corrected chi connectivity index (χ1v) is 8.95. The molecule has 1 aliphatic carbocycles. The van der Waals surface area contributed by atoms with Crippen LogP contribution < -0.4 is 0 Å². The summed E-state index contributed by atoms with van der Waals surface area (Å²) in [6, 6.07) is 2.71. The molecule has 132 valence electrons. The van der Waals surface area contributed by atoms with Crippen LogP contribution in [-0.2, 0) is 14.0 Å². The highest BCUT2D eigenvalue weighted by Crippen LogP contribution is 2.39. The average Bonchev–Trinajstić information content (AvgIpc) is 3.15. The molecular weight excluding hydrogens is 303 g/mol. The Bertz CT molecular complexity index is 563. The van der Waals surface area contributed by atoms with Crippen molar-refractivity contribution >= 4 is 7.12 Å². The Morgan fingerprint density at radius 1 is 1.17 bits per heavy atom. The first-order valence-electron chi connectivity index (χ1n) is 8.95. The van der Waals surface area contributed by atoms with Crippen molar-refractivity contribution in [1.82, 2.24) is 9.78 Å². The van der Waals surface area contributed by atoms with Crippen LogP contribution >= 0.6 is 0 Å². The van der Waals surface area contributed by atoms with Gasteiger partial charge in [-0.05, 0) is 65.4 Å². The van der Waals surface area contributed by atoms with Crippen molar-refractivity contribution in [2.75, 3.05) is 6.61 Å². The van der Waals surface area contributed by atoms with Crippen LogP contribution in [0, 0.1) is 0 Å². The van der Waals surface area contributed by atoms with Gasteiger partial charge in [0.25, 0.3) is 0 Å². The Morgan fingerprint density at radius 2 is 1.83 bits per heavy atom. The van der Waals surface area contributed by atoms with Gasteiger partial charge in [-0.15, -0.1) is 0 Å². The maximum atomic E-state index is 6.01. The minimum atomic E-state index is -0.250. The highest BCUT2D eigenvalue weighted by Gasteiger charge is 2.52. The molecule has 1 saturated carbocycles. The minimum absolute atomic E-state index is 0.169. The predicted octanol–water partition coefficient (Wildman–Crippen LogP) is 3.57. The van der Waals surface area contributed by atoms with Gasteiger partial charge in [0.2, 0.25) is 0 Å². The molecule has 0 unspecified atom stereocenters. The lowest BCUT2D eigenvalue weighted by molar-refractivity contribution is 0.00578. The maximum absolute atomic E-state index is 6.01. The molecule has 1 aromatic rings. The Kier molecular flexibility index (Phi) is 4.91. The quantitative estimate of drug-likeness (QED) is 0.777. The summed E-state index contributed by atoms with van der Waals surface area (Å²) in [5.74, 6) is 0. The van der Waals surface area contributed by atoms with Gasteiger partial charge in [-0.3, -0.25) is 4.68 Å². The fourth-order valence-electron chi connectivity index (χ4n) is 2.82. The monoisotopic (exact) mass is 332 g/mol. The lowest BCUT2D eigenvalue weighted by Crippen LogP contribution is -2.41. The molecule has 6 heteroatoms. The number of hydrogen-bond donors (Lipinski definition) is 0. The van der Waals surface area contributed by atoms with Crippen molar-refractivity contribution < 1.29 is 14.0 Å². The largest absolute Gasteiger partial charge is 0.490 e. The zero-order chi connectivity index (χ0) is 17.4. The van der Waals surface area contributed by atoms with Crippen LogP contribution in [0.1, 0.15) is 59.9 Å². The molecule has 0 spiro atoms. The lowest BCUT2D eigenvalue weighted by atomic mass is 9.75. The van der Waals surface area contributed by atoms with Gasteiger partial charge in [-0.1, -0.05) is 6.08 Å². The zero-order valence-electron chi connectivity index (χ0n) is 15.5. The number of rotatable bonds is 2. The third-order valence-electron chi connectivity index (χ3n) is 5.22. The van der Waals surface area contributed by atoms with E-state index in [-0.39, 0.29) is 24.4 Å². The van der Waals surface area contributed by atoms with Crippen molar-refractivity contribution in [3.8, 4) is 0 Å². The minimum Gasteiger partial charge on any atom is -0.400 e. The first-order chi connectivity index (χ1) is 11.3. The summed E-state index contributed by atoms with van der Waals surface area (Å²) in [4.78, 5) is 0. The van der Waals surface area contributed by atoms with Crippen LogP contribution in [0.4, 0.5) is 0 Å². The van der Waals surface area contributed by atoms with E-state index in [1.165, 1.54) is 18.3 Å². The Hall–Kier alpha value is -1.11. The maximum Gasteiger partial charge on any atom is 0.490 e. The molecule has 0 bridgehead atoms. The third-order valence-corrected chi connectivity index (χ3v) is 5.22. The molecule has 1 saturated heterocycles. The molecule has 0 radical (unpaired) electrons. The predicted molar refractivity (Wildman–Crippen MR) is 94.7 cm³/mol. The summed E-state index contributed by atoms with van der Waals surface area (Å²) in [5, 5.41) is 4.09. The van der Waals surface area contributed by atoms with E-state index in [0.717, 1.165) is 19.1 Å². The molecule has 0 amide bonds. The molecule has 5 nitrogen and oxygen atoms in total. The van der Waals surface area contributed by atoms with Gasteiger partial charge >= 0.3 is 7.12 Å². The van der Waals surface area contributed by atoms with Crippen molar-refractivity contribution in [2.24, 2.45) is 0 Å². The van der Waals surface area contributed by atoms with Crippen LogP contribution in [0.25, 0.3) is 0 Å². The smallest absolute Gasteiger partial charge is 0.400 e. The molecular formula is C18H29BN2O3. The lowest BCUT2D eigenvalue weighted by Gasteiger charge is -2.32. The van der Waals surface area contributed by atoms with Crippen LogP contribution in [0.5, 0.6) is 0 Å². The zero-order valence-corrected chi connectivity index (χ0v) is 15.5. The standard InChI is InChI=1S/C12H21BO3.C6H8N2/c1-9-8-10(6-7-14-9)13-15-11(2,3)12(4,5)16-13;1-4-7-8(5-1)6-2-3-6/h8-9H,6-7H2,1-5H3;1,4-6H,2-3H2/t9-;/m0./s1. The number of ether oxygens (including phenoxy) is 1. The van der Waals surface area contributed by atoms with Gasteiger partial charge < -0.3 is 14.0 Å². The number of nitrogens with zero attached hydrogens (tertiary/aromatic N) is 2. The Morgan fingerprint density at radius 3 is 2.33 bits per heavy atom. The second-order valence-corrected chi connectivity index (χ2v) is 7.87. The van der Waals surface area contributed by atoms with Crippen LogP contribution in [0.15, 0.2) is 30.0 Å². The summed E-state index contributed by atoms with van der Waals surface area (Å²) in [7, 11) is -0.198. The molecule has 1 atom stereocenters. The van der Waals surface area contributed by atoms with Gasteiger partial charge in [0.05, 0.1) is 30.0 Å². The Balaban J connectivity index is 0.000000175. The molecule has 0 aromatic carbocycles. The normalized spacial score (nSPS) is 28.1. The van der Waals surface area contributed by atoms with E-state index in [4.69, 9.17) is 14.0 Å². The van der Waals surface area contributed by atoms with Crippen LogP contribution in [-0.4, -0.2) is 40.8 Å². The van der Waals surface area contributed by atoms with E-state index >= 15 is 0 Å². The molecule has 0 N–H and O–H groups in total. The highest BCUT2D eigenvalue weighted by molar-refractivity contribution is 6.54. The molecule has 2 fully saturated rings. The van der Waals surface area contributed by atoms with Crippen molar-refractivity contribution in [2.45, 2.75) is 77.2 Å². The van der Waals surface area contributed by atoms with Crippen molar-refractivity contribution in [1.29, 1.82) is 0 Å². The van der Waals surface area contributed by atoms with Crippen molar-refractivity contribution in [3.63, 3.8) is 0 Å². The molecule has 1 aromatic heterocycles. The van der Waals surface area contributed by atoms with Gasteiger partial charge in [0, 0.05) is 12.4 Å². The second kappa shape index (κ2) is 6.66. The third kappa shape index (κ3) is 3.93. The number of aromatic nitrogens is 2. The van der Waals surface area contributed by atoms with E-state index in [9.17, 15) is 0 Å². The van der Waals surface area contributed by atoms with Gasteiger partial charge in [-0.25, -0.2) is 0 Å². The molecule has 3 heterocycles. The van der Waals surface area contributed by atoms with E-state index < -0.39 is 0 Å². The number of hydrogen-bond acceptors (Lipinski definition) is 4. The molecule has 4 rings (SSSR count). The highest BCUT2D eigenvalue weighted by atomic mass is 16.7. The van der Waals surface area contributed by atoms with Gasteiger partial charge in [0.1, 0.15) is 0 Å².